The third kappa shape index (κ3) is 3.27. The lowest BCUT2D eigenvalue weighted by Crippen LogP contribution is -2.52. The summed E-state index contributed by atoms with van der Waals surface area (Å²) in [6.07, 6.45) is 6.33. The Hall–Kier alpha value is -2.01. The van der Waals surface area contributed by atoms with Crippen LogP contribution in [0.2, 0.25) is 0 Å². The Labute approximate surface area is 192 Å². The normalized spacial score (nSPS) is 29.2. The van der Waals surface area contributed by atoms with Crippen molar-refractivity contribution in [3.05, 3.63) is 29.5 Å². The first-order chi connectivity index (χ1) is 15.3. The minimum Gasteiger partial charge on any atom is -0.495 e. The molecule has 32 heavy (non-hydrogen) atoms. The van der Waals surface area contributed by atoms with Gasteiger partial charge < -0.3 is 19.5 Å². The summed E-state index contributed by atoms with van der Waals surface area (Å²) >= 11 is 0. The number of hydrogen-bond donors (Lipinski definition) is 1. The summed E-state index contributed by atoms with van der Waals surface area (Å²) in [5.74, 6) is 1.63. The summed E-state index contributed by atoms with van der Waals surface area (Å²) in [4.78, 5) is 16.4. The lowest BCUT2D eigenvalue weighted by atomic mass is 9.68. The van der Waals surface area contributed by atoms with E-state index in [4.69, 9.17) is 4.74 Å². The number of para-hydroxylation sites is 1. The molecule has 5 rings (SSSR count). The fourth-order valence-corrected chi connectivity index (χ4v) is 7.34. The first-order valence-corrected chi connectivity index (χ1v) is 12.5. The van der Waals surface area contributed by atoms with Crippen molar-refractivity contribution in [2.75, 3.05) is 26.7 Å². The van der Waals surface area contributed by atoms with Gasteiger partial charge in [0.2, 0.25) is 0 Å². The predicted octanol–water partition coefficient (Wildman–Crippen LogP) is 5.00. The zero-order valence-electron chi connectivity index (χ0n) is 20.5. The second-order valence-corrected chi connectivity index (χ2v) is 11.3. The number of amides is 1. The molecule has 2 aliphatic carbocycles. The molecule has 2 saturated carbocycles. The number of likely N-dealkylation sites (tertiary alicyclic amines) is 1. The number of aromatic nitrogens is 1. The molecular formula is C27H39N3O2. The molecule has 3 atom stereocenters. The number of rotatable bonds is 6. The van der Waals surface area contributed by atoms with Gasteiger partial charge in [-0.2, -0.15) is 0 Å². The average Bonchev–Trinajstić information content (AvgIpc) is 3.50. The van der Waals surface area contributed by atoms with Gasteiger partial charge in [0.15, 0.2) is 0 Å². The fraction of sp³-hybridized carbons (Fsp3) is 0.667. The first kappa shape index (κ1) is 21.8. The van der Waals surface area contributed by atoms with E-state index in [1.165, 1.54) is 45.2 Å². The summed E-state index contributed by atoms with van der Waals surface area (Å²) in [7, 11) is 1.72. The monoisotopic (exact) mass is 437 g/mol. The first-order valence-electron chi connectivity index (χ1n) is 12.5. The molecule has 2 bridgehead atoms. The molecule has 1 saturated heterocycles. The minimum absolute atomic E-state index is 0.0764. The second kappa shape index (κ2) is 7.79. The molecule has 1 amide bonds. The third-order valence-electron chi connectivity index (χ3n) is 9.14. The van der Waals surface area contributed by atoms with E-state index in [1.807, 2.05) is 12.1 Å². The Morgan fingerprint density at radius 2 is 1.94 bits per heavy atom. The van der Waals surface area contributed by atoms with Gasteiger partial charge in [-0.15, -0.1) is 0 Å². The molecule has 1 aromatic carbocycles. The fourth-order valence-electron chi connectivity index (χ4n) is 7.34. The molecule has 2 aromatic rings. The number of carbonyl (C=O) groups is 1. The number of benzene rings is 1. The quantitative estimate of drug-likeness (QED) is 0.692. The third-order valence-corrected chi connectivity index (χ3v) is 9.14. The summed E-state index contributed by atoms with van der Waals surface area (Å²) in [6.45, 7) is 13.4. The van der Waals surface area contributed by atoms with Crippen LogP contribution in [0.5, 0.6) is 5.75 Å². The molecule has 1 aliphatic heterocycles. The van der Waals surface area contributed by atoms with Crippen LogP contribution in [0, 0.1) is 23.7 Å². The van der Waals surface area contributed by atoms with E-state index in [-0.39, 0.29) is 22.8 Å². The molecule has 1 aromatic heterocycles. The summed E-state index contributed by atoms with van der Waals surface area (Å²) in [6, 6.07) is 6.31. The lowest BCUT2D eigenvalue weighted by molar-refractivity contribution is 0.0738. The highest BCUT2D eigenvalue weighted by Crippen LogP contribution is 2.62. The molecular weight excluding hydrogens is 398 g/mol. The number of methoxy groups -OCH3 is 1. The number of nitrogens with one attached hydrogen (secondary N) is 1. The van der Waals surface area contributed by atoms with Gasteiger partial charge in [0.1, 0.15) is 5.75 Å². The van der Waals surface area contributed by atoms with Crippen molar-refractivity contribution in [1.29, 1.82) is 0 Å². The summed E-state index contributed by atoms with van der Waals surface area (Å²) < 4.78 is 8.06. The standard InChI is InChI=1S/C27H39N3O2/c1-18-22(24(31)28-25-26(2,3)19-11-12-27(25,4)17-19)20-9-8-10-21(32-5)23(20)30(18)16-15-29-13-6-7-14-29/h8-10,19,25H,6-7,11-17H2,1-5H3,(H,28,31)/t19-,25?,27?/m1/s1. The molecule has 3 aliphatic rings. The zero-order chi connectivity index (χ0) is 22.7. The van der Waals surface area contributed by atoms with Crippen LogP contribution in [-0.4, -0.2) is 48.2 Å². The largest absolute Gasteiger partial charge is 0.495 e. The van der Waals surface area contributed by atoms with Crippen molar-refractivity contribution in [3.63, 3.8) is 0 Å². The zero-order valence-corrected chi connectivity index (χ0v) is 20.5. The smallest absolute Gasteiger partial charge is 0.253 e. The van der Waals surface area contributed by atoms with Gasteiger partial charge in [-0.05, 0) is 74.9 Å². The van der Waals surface area contributed by atoms with Gasteiger partial charge in [-0.1, -0.05) is 32.9 Å². The van der Waals surface area contributed by atoms with Crippen molar-refractivity contribution in [2.45, 2.75) is 72.4 Å². The van der Waals surface area contributed by atoms with Crippen LogP contribution in [0.1, 0.15) is 68.9 Å². The van der Waals surface area contributed by atoms with E-state index in [2.05, 4.69) is 48.5 Å². The van der Waals surface area contributed by atoms with Gasteiger partial charge in [-0.3, -0.25) is 4.79 Å². The van der Waals surface area contributed by atoms with Crippen molar-refractivity contribution in [1.82, 2.24) is 14.8 Å². The highest BCUT2D eigenvalue weighted by Gasteiger charge is 2.59. The lowest BCUT2D eigenvalue weighted by Gasteiger charge is -2.43. The van der Waals surface area contributed by atoms with Crippen molar-refractivity contribution in [2.24, 2.45) is 16.7 Å². The molecule has 1 N–H and O–H groups in total. The van der Waals surface area contributed by atoms with E-state index >= 15 is 0 Å². The molecule has 0 radical (unpaired) electrons. The Kier molecular flexibility index (Phi) is 5.31. The van der Waals surface area contributed by atoms with Crippen LogP contribution in [0.25, 0.3) is 10.9 Å². The van der Waals surface area contributed by atoms with Gasteiger partial charge in [-0.25, -0.2) is 0 Å². The highest BCUT2D eigenvalue weighted by molar-refractivity contribution is 6.09. The van der Waals surface area contributed by atoms with Gasteiger partial charge >= 0.3 is 0 Å². The number of fused-ring (bicyclic) bond motifs is 3. The maximum absolute atomic E-state index is 13.8. The summed E-state index contributed by atoms with van der Waals surface area (Å²) in [5.41, 5.74) is 3.27. The molecule has 5 nitrogen and oxygen atoms in total. The van der Waals surface area contributed by atoms with Crippen LogP contribution in [0.4, 0.5) is 0 Å². The topological polar surface area (TPSA) is 46.5 Å². The van der Waals surface area contributed by atoms with Crippen molar-refractivity contribution < 1.29 is 9.53 Å². The van der Waals surface area contributed by atoms with Crippen LogP contribution in [-0.2, 0) is 6.54 Å². The number of carbonyl (C=O) groups excluding carboxylic acids is 1. The maximum Gasteiger partial charge on any atom is 0.253 e. The second-order valence-electron chi connectivity index (χ2n) is 11.3. The van der Waals surface area contributed by atoms with Crippen LogP contribution >= 0.6 is 0 Å². The number of nitrogens with zero attached hydrogens (tertiary/aromatic N) is 2. The molecule has 3 fully saturated rings. The van der Waals surface area contributed by atoms with E-state index in [0.29, 0.717) is 5.92 Å². The molecule has 5 heteroatoms. The minimum atomic E-state index is 0.0764. The Morgan fingerprint density at radius 3 is 2.59 bits per heavy atom. The number of ether oxygens (including phenoxy) is 1. The van der Waals surface area contributed by atoms with E-state index in [0.717, 1.165) is 41.0 Å². The Balaban J connectivity index is 1.51. The molecule has 2 unspecified atom stereocenters. The van der Waals surface area contributed by atoms with E-state index in [9.17, 15) is 4.79 Å². The molecule has 0 spiro atoms. The Morgan fingerprint density at radius 1 is 1.19 bits per heavy atom. The van der Waals surface area contributed by atoms with Crippen LogP contribution < -0.4 is 10.1 Å². The number of hydrogen-bond acceptors (Lipinski definition) is 3. The maximum atomic E-state index is 13.8. The highest BCUT2D eigenvalue weighted by atomic mass is 16.5. The SMILES string of the molecule is COc1cccc2c(C(=O)NC3C4(C)CC[C@H](C4)C3(C)C)c(C)n(CCN3CCCC3)c12. The van der Waals surface area contributed by atoms with Gasteiger partial charge in [0, 0.05) is 30.2 Å². The van der Waals surface area contributed by atoms with E-state index < -0.39 is 0 Å². The summed E-state index contributed by atoms with van der Waals surface area (Å²) in [5, 5.41) is 4.54. The van der Waals surface area contributed by atoms with Gasteiger partial charge in [0.05, 0.1) is 18.2 Å². The molecule has 174 valence electrons. The van der Waals surface area contributed by atoms with Crippen LogP contribution in [0.3, 0.4) is 0 Å². The van der Waals surface area contributed by atoms with E-state index in [1.54, 1.807) is 7.11 Å². The Bertz CT molecular complexity index is 1030. The molecule has 2 heterocycles. The average molecular weight is 438 g/mol. The van der Waals surface area contributed by atoms with Crippen molar-refractivity contribution in [3.8, 4) is 5.75 Å². The van der Waals surface area contributed by atoms with Crippen molar-refractivity contribution >= 4 is 16.8 Å². The van der Waals surface area contributed by atoms with Crippen LogP contribution in [0.15, 0.2) is 18.2 Å². The predicted molar refractivity (Wildman–Crippen MR) is 129 cm³/mol. The van der Waals surface area contributed by atoms with Gasteiger partial charge in [0.25, 0.3) is 5.91 Å².